The van der Waals surface area contributed by atoms with Crippen molar-refractivity contribution in [3.63, 3.8) is 0 Å². The Kier molecular flexibility index (Phi) is 4.48. The lowest BCUT2D eigenvalue weighted by atomic mass is 9.49. The van der Waals surface area contributed by atoms with Crippen molar-refractivity contribution >= 4 is 5.91 Å². The molecule has 4 saturated carbocycles. The van der Waals surface area contributed by atoms with Crippen molar-refractivity contribution in [3.05, 3.63) is 29.8 Å². The van der Waals surface area contributed by atoms with E-state index in [1.54, 1.807) is 0 Å². The van der Waals surface area contributed by atoms with Gasteiger partial charge in [0.25, 0.3) is 5.91 Å². The first-order chi connectivity index (χ1) is 12.1. The first-order valence-electron chi connectivity index (χ1n) is 9.61. The third kappa shape index (κ3) is 3.05. The molecule has 4 fully saturated rings. The summed E-state index contributed by atoms with van der Waals surface area (Å²) < 4.78 is 11.8. The fourth-order valence-electron chi connectivity index (χ4n) is 5.83. The number of nitrogens with one attached hydrogen (secondary N) is 1. The first-order valence-corrected chi connectivity index (χ1v) is 9.61. The molecule has 0 atom stereocenters. The lowest BCUT2D eigenvalue weighted by Crippen LogP contribution is -2.63. The molecule has 1 aromatic rings. The van der Waals surface area contributed by atoms with Crippen LogP contribution in [-0.2, 0) is 9.53 Å². The van der Waals surface area contributed by atoms with Gasteiger partial charge in [0.05, 0.1) is 5.60 Å². The molecule has 0 spiro atoms. The zero-order valence-corrected chi connectivity index (χ0v) is 15.3. The fraction of sp³-hybridized carbons (Fsp3) is 0.667. The van der Waals surface area contributed by atoms with E-state index in [2.05, 4.69) is 5.32 Å². The van der Waals surface area contributed by atoms with E-state index in [0.717, 1.165) is 23.1 Å². The standard InChI is InChI=1S/C21H29NO3/c1-14-5-3-4-6-19(14)25-12-20(23)22-13-21(24-2)17-8-15-7-16(10-17)11-18(21)9-15/h3-6,15-18H,7-13H2,1-2H3,(H,22,23). The van der Waals surface area contributed by atoms with Crippen LogP contribution in [0.25, 0.3) is 0 Å². The maximum absolute atomic E-state index is 12.3. The van der Waals surface area contributed by atoms with Gasteiger partial charge in [-0.25, -0.2) is 0 Å². The van der Waals surface area contributed by atoms with Crippen molar-refractivity contribution in [1.82, 2.24) is 5.32 Å². The van der Waals surface area contributed by atoms with Crippen molar-refractivity contribution in [2.24, 2.45) is 23.7 Å². The van der Waals surface area contributed by atoms with Crippen LogP contribution < -0.4 is 10.1 Å². The second-order valence-electron chi connectivity index (χ2n) is 8.29. The van der Waals surface area contributed by atoms with Gasteiger partial charge in [0.15, 0.2) is 6.61 Å². The van der Waals surface area contributed by atoms with Crippen LogP contribution in [0.15, 0.2) is 24.3 Å². The van der Waals surface area contributed by atoms with Gasteiger partial charge in [0.2, 0.25) is 0 Å². The topological polar surface area (TPSA) is 47.6 Å². The first kappa shape index (κ1) is 16.9. The highest BCUT2D eigenvalue weighted by molar-refractivity contribution is 5.77. The molecule has 0 aromatic heterocycles. The van der Waals surface area contributed by atoms with Crippen molar-refractivity contribution < 1.29 is 14.3 Å². The number of carbonyl (C=O) groups excluding carboxylic acids is 1. The molecule has 4 aliphatic carbocycles. The molecule has 1 N–H and O–H groups in total. The smallest absolute Gasteiger partial charge is 0.258 e. The molecule has 1 amide bonds. The second-order valence-corrected chi connectivity index (χ2v) is 8.29. The van der Waals surface area contributed by atoms with Gasteiger partial charge >= 0.3 is 0 Å². The minimum atomic E-state index is -0.161. The van der Waals surface area contributed by atoms with Crippen molar-refractivity contribution in [2.75, 3.05) is 20.3 Å². The van der Waals surface area contributed by atoms with E-state index in [1.165, 1.54) is 32.1 Å². The number of amides is 1. The van der Waals surface area contributed by atoms with E-state index in [4.69, 9.17) is 9.47 Å². The molecule has 1 aromatic carbocycles. The Morgan fingerprint density at radius 2 is 1.76 bits per heavy atom. The summed E-state index contributed by atoms with van der Waals surface area (Å²) in [6.45, 7) is 2.67. The average molecular weight is 343 g/mol. The SMILES string of the molecule is COC1(CNC(=O)COc2ccccc2C)C2CC3CC(C2)CC1C3. The molecule has 25 heavy (non-hydrogen) atoms. The van der Waals surface area contributed by atoms with Crippen molar-refractivity contribution in [2.45, 2.75) is 44.6 Å². The zero-order chi connectivity index (χ0) is 17.4. The number of hydrogen-bond donors (Lipinski definition) is 1. The Hall–Kier alpha value is -1.55. The largest absolute Gasteiger partial charge is 0.484 e. The Balaban J connectivity index is 1.35. The number of ether oxygens (including phenoxy) is 2. The van der Waals surface area contributed by atoms with Gasteiger partial charge in [0, 0.05) is 13.7 Å². The van der Waals surface area contributed by atoms with Gasteiger partial charge < -0.3 is 14.8 Å². The summed E-state index contributed by atoms with van der Waals surface area (Å²) in [4.78, 5) is 12.3. The fourth-order valence-corrected chi connectivity index (χ4v) is 5.83. The van der Waals surface area contributed by atoms with Crippen LogP contribution in [0.5, 0.6) is 5.75 Å². The Morgan fingerprint density at radius 3 is 2.36 bits per heavy atom. The van der Waals surface area contributed by atoms with Crippen LogP contribution in [-0.4, -0.2) is 31.8 Å². The number of methoxy groups -OCH3 is 1. The summed E-state index contributed by atoms with van der Waals surface area (Å²) in [5.74, 6) is 3.71. The Morgan fingerprint density at radius 1 is 1.12 bits per heavy atom. The third-order valence-electron chi connectivity index (χ3n) is 6.91. The normalized spacial score (nSPS) is 35.6. The predicted molar refractivity (Wildman–Crippen MR) is 96.5 cm³/mol. The number of hydrogen-bond acceptors (Lipinski definition) is 3. The lowest BCUT2D eigenvalue weighted by molar-refractivity contribution is -0.188. The predicted octanol–water partition coefficient (Wildman–Crippen LogP) is 3.33. The summed E-state index contributed by atoms with van der Waals surface area (Å²) in [7, 11) is 1.83. The average Bonchev–Trinajstić information content (AvgIpc) is 2.60. The van der Waals surface area contributed by atoms with Gasteiger partial charge in [-0.3, -0.25) is 4.79 Å². The highest BCUT2D eigenvalue weighted by Crippen LogP contribution is 2.59. The summed E-state index contributed by atoms with van der Waals surface area (Å²) in [6.07, 6.45) is 6.52. The number of rotatable bonds is 6. The number of aryl methyl sites for hydroxylation is 1. The lowest BCUT2D eigenvalue weighted by Gasteiger charge is -2.60. The number of carbonyl (C=O) groups is 1. The molecule has 5 rings (SSSR count). The third-order valence-corrected chi connectivity index (χ3v) is 6.91. The monoisotopic (exact) mass is 343 g/mol. The van der Waals surface area contributed by atoms with Crippen LogP contribution in [0.1, 0.15) is 37.7 Å². The molecular formula is C21H29NO3. The summed E-state index contributed by atoms with van der Waals surface area (Å²) in [5.41, 5.74) is 0.885. The van der Waals surface area contributed by atoms with Gasteiger partial charge in [0.1, 0.15) is 5.75 Å². The maximum Gasteiger partial charge on any atom is 0.258 e. The van der Waals surface area contributed by atoms with E-state index in [1.807, 2.05) is 38.3 Å². The molecule has 0 radical (unpaired) electrons. The van der Waals surface area contributed by atoms with Gasteiger partial charge in [-0.05, 0) is 74.3 Å². The minimum Gasteiger partial charge on any atom is -0.484 e. The molecule has 4 aliphatic rings. The Labute approximate surface area is 150 Å². The van der Waals surface area contributed by atoms with Gasteiger partial charge in [-0.1, -0.05) is 18.2 Å². The summed E-state index contributed by atoms with van der Waals surface area (Å²) >= 11 is 0. The van der Waals surface area contributed by atoms with Crippen LogP contribution in [0.4, 0.5) is 0 Å². The quantitative estimate of drug-likeness (QED) is 0.862. The molecule has 0 unspecified atom stereocenters. The molecule has 4 bridgehead atoms. The maximum atomic E-state index is 12.3. The van der Waals surface area contributed by atoms with Gasteiger partial charge in [-0.15, -0.1) is 0 Å². The molecule has 0 aliphatic heterocycles. The van der Waals surface area contributed by atoms with E-state index < -0.39 is 0 Å². The zero-order valence-electron chi connectivity index (χ0n) is 15.3. The second kappa shape index (κ2) is 6.64. The number of benzene rings is 1. The summed E-state index contributed by atoms with van der Waals surface area (Å²) in [5, 5.41) is 3.10. The van der Waals surface area contributed by atoms with Crippen LogP contribution in [0.2, 0.25) is 0 Å². The van der Waals surface area contributed by atoms with Crippen LogP contribution in [0, 0.1) is 30.6 Å². The van der Waals surface area contributed by atoms with Crippen LogP contribution in [0.3, 0.4) is 0 Å². The molecule has 4 heteroatoms. The Bertz CT molecular complexity index is 614. The van der Waals surface area contributed by atoms with Crippen molar-refractivity contribution in [3.8, 4) is 5.75 Å². The van der Waals surface area contributed by atoms with E-state index >= 15 is 0 Å². The highest BCUT2D eigenvalue weighted by Gasteiger charge is 2.57. The molecule has 0 saturated heterocycles. The minimum absolute atomic E-state index is 0.0607. The van der Waals surface area contributed by atoms with E-state index in [9.17, 15) is 4.79 Å². The van der Waals surface area contributed by atoms with Crippen molar-refractivity contribution in [1.29, 1.82) is 0 Å². The van der Waals surface area contributed by atoms with E-state index in [0.29, 0.717) is 18.4 Å². The summed E-state index contributed by atoms with van der Waals surface area (Å²) in [6, 6.07) is 7.78. The van der Waals surface area contributed by atoms with Gasteiger partial charge in [-0.2, -0.15) is 0 Å². The van der Waals surface area contributed by atoms with E-state index in [-0.39, 0.29) is 18.1 Å². The molecule has 4 nitrogen and oxygen atoms in total. The number of para-hydroxylation sites is 1. The highest BCUT2D eigenvalue weighted by atomic mass is 16.5. The van der Waals surface area contributed by atoms with Crippen LogP contribution >= 0.6 is 0 Å². The molecule has 0 heterocycles. The molecular weight excluding hydrogens is 314 g/mol. The molecule has 136 valence electrons.